The molecule has 10 heteroatoms. The molecular weight excluding hydrogens is 385 g/mol. The fourth-order valence-corrected chi connectivity index (χ4v) is 2.07. The third kappa shape index (κ3) is 6.94. The van der Waals surface area contributed by atoms with Gasteiger partial charge in [-0.2, -0.15) is 5.10 Å². The van der Waals surface area contributed by atoms with Crippen molar-refractivity contribution in [3.8, 4) is 11.5 Å². The first-order valence-electron chi connectivity index (χ1n) is 8.40. The van der Waals surface area contributed by atoms with Gasteiger partial charge in [0, 0.05) is 5.69 Å². The number of carboxylic acids is 1. The molecule has 0 aliphatic heterocycles. The molecule has 0 saturated carbocycles. The monoisotopic (exact) mass is 403 g/mol. The third-order valence-electron chi connectivity index (χ3n) is 3.31. The average molecular weight is 403 g/mol. The quantitative estimate of drug-likeness (QED) is 0.350. The van der Waals surface area contributed by atoms with Crippen molar-refractivity contribution in [1.82, 2.24) is 5.43 Å². The smallest absolute Gasteiger partial charge is 0.341 e. The van der Waals surface area contributed by atoms with Crippen molar-refractivity contribution < 1.29 is 33.4 Å². The standard InChI is InChI=1S/C19H18FN3O6/c1-2-28-16-9-12(3-8-15(16)29-11-17(24)25)10-21-23-19(27)18(26)22-14-6-4-13(20)5-7-14/h3-10H,2,11H2,1H3,(H,22,26)(H,23,27)(H,24,25)/b21-10-. The Morgan fingerprint density at radius 2 is 1.79 bits per heavy atom. The summed E-state index contributed by atoms with van der Waals surface area (Å²) < 4.78 is 23.4. The van der Waals surface area contributed by atoms with Crippen LogP contribution in [-0.4, -0.2) is 42.3 Å². The fraction of sp³-hybridized carbons (Fsp3) is 0.158. The molecule has 2 aromatic rings. The van der Waals surface area contributed by atoms with Crippen molar-refractivity contribution in [2.24, 2.45) is 5.10 Å². The molecule has 0 unspecified atom stereocenters. The molecule has 0 aliphatic carbocycles. The van der Waals surface area contributed by atoms with Gasteiger partial charge in [-0.15, -0.1) is 0 Å². The van der Waals surface area contributed by atoms with E-state index in [1.807, 2.05) is 0 Å². The summed E-state index contributed by atoms with van der Waals surface area (Å²) in [6, 6.07) is 9.51. The Kier molecular flexibility index (Phi) is 7.66. The van der Waals surface area contributed by atoms with Crippen LogP contribution >= 0.6 is 0 Å². The summed E-state index contributed by atoms with van der Waals surface area (Å²) in [5, 5.41) is 14.7. The molecule has 0 aliphatic rings. The molecule has 0 radical (unpaired) electrons. The van der Waals surface area contributed by atoms with Crippen LogP contribution < -0.4 is 20.2 Å². The van der Waals surface area contributed by atoms with Crippen LogP contribution in [0, 0.1) is 5.82 Å². The molecule has 2 rings (SSSR count). The summed E-state index contributed by atoms with van der Waals surface area (Å²) in [5.74, 6) is -3.03. The first kappa shape index (κ1) is 21.4. The minimum absolute atomic E-state index is 0.245. The number of halogens is 1. The Morgan fingerprint density at radius 3 is 2.45 bits per heavy atom. The molecule has 0 aromatic heterocycles. The van der Waals surface area contributed by atoms with E-state index in [0.717, 1.165) is 12.1 Å². The van der Waals surface area contributed by atoms with Gasteiger partial charge in [-0.05, 0) is 55.0 Å². The van der Waals surface area contributed by atoms with Crippen LogP contribution in [0.3, 0.4) is 0 Å². The fourth-order valence-electron chi connectivity index (χ4n) is 2.07. The van der Waals surface area contributed by atoms with Crippen molar-refractivity contribution in [3.63, 3.8) is 0 Å². The van der Waals surface area contributed by atoms with Gasteiger partial charge in [-0.1, -0.05) is 0 Å². The second kappa shape index (κ2) is 10.4. The number of carboxylic acid groups (broad SMARTS) is 1. The number of aliphatic carboxylic acids is 1. The van der Waals surface area contributed by atoms with Crippen LogP contribution in [0.2, 0.25) is 0 Å². The normalized spacial score (nSPS) is 10.4. The van der Waals surface area contributed by atoms with E-state index < -0.39 is 30.2 Å². The summed E-state index contributed by atoms with van der Waals surface area (Å²) in [4.78, 5) is 34.2. The van der Waals surface area contributed by atoms with Crippen LogP contribution in [-0.2, 0) is 14.4 Å². The van der Waals surface area contributed by atoms with Crippen LogP contribution in [0.1, 0.15) is 12.5 Å². The maximum Gasteiger partial charge on any atom is 0.341 e. The Balaban J connectivity index is 1.96. The number of nitrogens with one attached hydrogen (secondary N) is 2. The van der Waals surface area contributed by atoms with Crippen molar-refractivity contribution in [2.45, 2.75) is 6.92 Å². The van der Waals surface area contributed by atoms with Gasteiger partial charge in [0.2, 0.25) is 0 Å². The van der Waals surface area contributed by atoms with Gasteiger partial charge in [-0.3, -0.25) is 9.59 Å². The van der Waals surface area contributed by atoms with Gasteiger partial charge in [-0.25, -0.2) is 14.6 Å². The highest BCUT2D eigenvalue weighted by Crippen LogP contribution is 2.28. The largest absolute Gasteiger partial charge is 0.490 e. The number of amides is 2. The molecule has 0 heterocycles. The maximum atomic E-state index is 12.8. The highest BCUT2D eigenvalue weighted by Gasteiger charge is 2.13. The van der Waals surface area contributed by atoms with E-state index >= 15 is 0 Å². The number of anilines is 1. The van der Waals surface area contributed by atoms with Crippen LogP contribution in [0.4, 0.5) is 10.1 Å². The van der Waals surface area contributed by atoms with E-state index in [1.54, 1.807) is 13.0 Å². The molecule has 0 saturated heterocycles. The summed E-state index contributed by atoms with van der Waals surface area (Å²) >= 11 is 0. The van der Waals surface area contributed by atoms with Gasteiger partial charge in [0.15, 0.2) is 18.1 Å². The maximum absolute atomic E-state index is 12.8. The highest BCUT2D eigenvalue weighted by atomic mass is 19.1. The average Bonchev–Trinajstić information content (AvgIpc) is 2.69. The Bertz CT molecular complexity index is 915. The second-order valence-corrected chi connectivity index (χ2v) is 5.48. The van der Waals surface area contributed by atoms with Crippen LogP contribution in [0.15, 0.2) is 47.6 Å². The summed E-state index contributed by atoms with van der Waals surface area (Å²) in [5.41, 5.74) is 2.83. The SMILES string of the molecule is CCOc1cc(/C=N\NC(=O)C(=O)Nc2ccc(F)cc2)ccc1OCC(=O)O. The highest BCUT2D eigenvalue weighted by molar-refractivity contribution is 6.39. The van der Waals surface area contributed by atoms with E-state index in [2.05, 4.69) is 15.8 Å². The topological polar surface area (TPSA) is 126 Å². The van der Waals surface area contributed by atoms with Crippen molar-refractivity contribution in [2.75, 3.05) is 18.5 Å². The Hall–Kier alpha value is -3.95. The minimum Gasteiger partial charge on any atom is -0.490 e. The third-order valence-corrected chi connectivity index (χ3v) is 3.31. The predicted molar refractivity (Wildman–Crippen MR) is 102 cm³/mol. The molecule has 0 fully saturated rings. The molecule has 9 nitrogen and oxygen atoms in total. The first-order chi connectivity index (χ1) is 13.9. The molecule has 0 atom stereocenters. The number of hydrogen-bond acceptors (Lipinski definition) is 6. The van der Waals surface area contributed by atoms with E-state index in [4.69, 9.17) is 14.6 Å². The lowest BCUT2D eigenvalue weighted by molar-refractivity contribution is -0.139. The zero-order valence-corrected chi connectivity index (χ0v) is 15.3. The number of hydrogen-bond donors (Lipinski definition) is 3. The van der Waals surface area contributed by atoms with Crippen LogP contribution in [0.25, 0.3) is 0 Å². The lowest BCUT2D eigenvalue weighted by Gasteiger charge is -2.11. The molecular formula is C19H18FN3O6. The number of benzene rings is 2. The predicted octanol–water partition coefficient (Wildman–Crippen LogP) is 1.78. The van der Waals surface area contributed by atoms with Crippen molar-refractivity contribution >= 4 is 29.7 Å². The van der Waals surface area contributed by atoms with E-state index in [9.17, 15) is 18.8 Å². The lowest BCUT2D eigenvalue weighted by atomic mass is 10.2. The number of ether oxygens (including phenoxy) is 2. The second-order valence-electron chi connectivity index (χ2n) is 5.48. The molecule has 2 amide bonds. The van der Waals surface area contributed by atoms with E-state index in [1.165, 1.54) is 30.5 Å². The van der Waals surface area contributed by atoms with Gasteiger partial charge in [0.05, 0.1) is 12.8 Å². The van der Waals surface area contributed by atoms with Gasteiger partial charge >= 0.3 is 17.8 Å². The Morgan fingerprint density at radius 1 is 1.07 bits per heavy atom. The van der Waals surface area contributed by atoms with Crippen molar-refractivity contribution in [1.29, 1.82) is 0 Å². The molecule has 152 valence electrons. The molecule has 29 heavy (non-hydrogen) atoms. The summed E-state index contributed by atoms with van der Waals surface area (Å²) in [6.45, 7) is 1.55. The number of hydrazone groups is 1. The molecule has 0 bridgehead atoms. The zero-order valence-electron chi connectivity index (χ0n) is 15.3. The van der Waals surface area contributed by atoms with E-state index in [0.29, 0.717) is 17.9 Å². The summed E-state index contributed by atoms with van der Waals surface area (Å²) in [7, 11) is 0. The van der Waals surface area contributed by atoms with Crippen LogP contribution in [0.5, 0.6) is 11.5 Å². The van der Waals surface area contributed by atoms with Gasteiger partial charge in [0.25, 0.3) is 0 Å². The zero-order chi connectivity index (χ0) is 21.2. The van der Waals surface area contributed by atoms with Gasteiger partial charge < -0.3 is 19.9 Å². The molecule has 0 spiro atoms. The van der Waals surface area contributed by atoms with E-state index in [-0.39, 0.29) is 11.4 Å². The minimum atomic E-state index is -1.13. The lowest BCUT2D eigenvalue weighted by Crippen LogP contribution is -2.32. The number of nitrogens with zero attached hydrogens (tertiary/aromatic N) is 1. The van der Waals surface area contributed by atoms with Crippen molar-refractivity contribution in [3.05, 3.63) is 53.8 Å². The number of carbonyl (C=O) groups excluding carboxylic acids is 2. The number of carbonyl (C=O) groups is 3. The molecule has 2 aromatic carbocycles. The van der Waals surface area contributed by atoms with Gasteiger partial charge in [0.1, 0.15) is 5.82 Å². The molecule has 3 N–H and O–H groups in total. The number of rotatable bonds is 8. The summed E-state index contributed by atoms with van der Waals surface area (Å²) in [6.07, 6.45) is 1.27. The first-order valence-corrected chi connectivity index (χ1v) is 8.40. The Labute approximate surface area is 165 Å².